The Morgan fingerprint density at radius 1 is 0.880 bits per heavy atom. The van der Waals surface area contributed by atoms with E-state index < -0.39 is 5.97 Å². The summed E-state index contributed by atoms with van der Waals surface area (Å²) >= 11 is 3.57. The molecule has 0 N–H and O–H groups in total. The predicted octanol–water partition coefficient (Wildman–Crippen LogP) is 6.06. The van der Waals surface area contributed by atoms with E-state index in [1.165, 1.54) is 25.7 Å². The Balaban J connectivity index is 1.75. The van der Waals surface area contributed by atoms with Crippen LogP contribution in [0.4, 0.5) is 0 Å². The maximum Gasteiger partial charge on any atom is 0.335 e. The monoisotopic (exact) mass is 362 g/mol. The summed E-state index contributed by atoms with van der Waals surface area (Å²) in [5, 5.41) is 0. The molecule has 0 saturated carbocycles. The molecule has 0 amide bonds. The Morgan fingerprint density at radius 3 is 2.40 bits per heavy atom. The van der Waals surface area contributed by atoms with Gasteiger partial charge in [0, 0.05) is 25.7 Å². The van der Waals surface area contributed by atoms with Crippen LogP contribution in [0.15, 0.2) is 99.0 Å². The van der Waals surface area contributed by atoms with Crippen LogP contribution in [0.25, 0.3) is 11.1 Å². The largest absolute Gasteiger partial charge is 0.423 e. The van der Waals surface area contributed by atoms with Gasteiger partial charge in [0.25, 0.3) is 0 Å². The summed E-state index contributed by atoms with van der Waals surface area (Å²) in [6, 6.07) is 22.4. The number of rotatable bonds is 3. The fourth-order valence-corrected chi connectivity index (χ4v) is 5.06. The first-order valence-electron chi connectivity index (χ1n) is 7.77. The van der Waals surface area contributed by atoms with Crippen LogP contribution in [0, 0.1) is 0 Å². The third kappa shape index (κ3) is 3.23. The fourth-order valence-electron chi connectivity index (χ4n) is 2.66. The minimum absolute atomic E-state index is 0.453. The molecule has 0 bridgehead atoms. The van der Waals surface area contributed by atoms with Crippen molar-refractivity contribution in [1.29, 1.82) is 0 Å². The number of hydrogen-bond donors (Lipinski definition) is 0. The average molecular weight is 362 g/mol. The summed E-state index contributed by atoms with van der Waals surface area (Å²) in [5.74, 6) is 0.0694. The summed E-state index contributed by atoms with van der Waals surface area (Å²) < 4.78 is 5.26. The second-order valence-corrected chi connectivity index (χ2v) is 7.57. The van der Waals surface area contributed by atoms with Crippen LogP contribution in [0.1, 0.15) is 0 Å². The maximum atomic E-state index is 11.5. The lowest BCUT2D eigenvalue weighted by atomic mass is 10.1. The van der Waals surface area contributed by atoms with E-state index in [0.717, 1.165) is 11.1 Å². The highest BCUT2D eigenvalue weighted by molar-refractivity contribution is 8.05. The number of ether oxygens (including phenoxy) is 1. The zero-order valence-corrected chi connectivity index (χ0v) is 14.9. The highest BCUT2D eigenvalue weighted by atomic mass is 32.2. The molecule has 3 aromatic carbocycles. The number of carbonyl (C=O) groups excluding carboxylic acids is 1. The van der Waals surface area contributed by atoms with Crippen LogP contribution >= 0.6 is 23.5 Å². The number of esters is 1. The summed E-state index contributed by atoms with van der Waals surface area (Å²) in [5.41, 5.74) is 2.17. The Labute approximate surface area is 154 Å². The van der Waals surface area contributed by atoms with Crippen molar-refractivity contribution in [2.45, 2.75) is 19.6 Å². The number of benzene rings is 3. The highest BCUT2D eigenvalue weighted by Gasteiger charge is 2.20. The maximum absolute atomic E-state index is 11.5. The van der Waals surface area contributed by atoms with E-state index in [9.17, 15) is 4.79 Å². The smallest absolute Gasteiger partial charge is 0.335 e. The van der Waals surface area contributed by atoms with Gasteiger partial charge in [-0.25, -0.2) is 4.79 Å². The molecule has 0 saturated heterocycles. The first-order valence-corrected chi connectivity index (χ1v) is 9.40. The zero-order chi connectivity index (χ0) is 17.2. The molecule has 4 heteroatoms. The van der Waals surface area contributed by atoms with E-state index in [0.29, 0.717) is 5.75 Å². The van der Waals surface area contributed by atoms with Crippen molar-refractivity contribution in [2.24, 2.45) is 0 Å². The Kier molecular flexibility index (Phi) is 4.38. The van der Waals surface area contributed by atoms with Crippen LogP contribution in [0.3, 0.4) is 0 Å². The van der Waals surface area contributed by atoms with Gasteiger partial charge < -0.3 is 4.74 Å². The molecule has 1 heterocycles. The molecule has 25 heavy (non-hydrogen) atoms. The number of carbonyl (C=O) groups is 1. The fraction of sp³-hybridized carbons (Fsp3) is 0. The first kappa shape index (κ1) is 16.1. The standard InChI is InChI=1S/C21H14O2S2/c1-2-20(22)23-15-8-5-7-14(13-15)16-9-6-12-19-21(16)25-18-11-4-3-10-17(18)24-19/h2-13H,1H2. The van der Waals surface area contributed by atoms with Gasteiger partial charge in [-0.2, -0.15) is 0 Å². The molecular weight excluding hydrogens is 348 g/mol. The van der Waals surface area contributed by atoms with Gasteiger partial charge in [-0.3, -0.25) is 0 Å². The molecule has 0 radical (unpaired) electrons. The topological polar surface area (TPSA) is 26.3 Å². The van der Waals surface area contributed by atoms with Crippen molar-refractivity contribution in [3.63, 3.8) is 0 Å². The second-order valence-electron chi connectivity index (χ2n) is 5.44. The average Bonchev–Trinajstić information content (AvgIpc) is 2.66. The van der Waals surface area contributed by atoms with Crippen molar-refractivity contribution in [2.75, 3.05) is 0 Å². The van der Waals surface area contributed by atoms with Gasteiger partial charge in [-0.1, -0.05) is 66.5 Å². The minimum Gasteiger partial charge on any atom is -0.423 e. The third-order valence-corrected chi connectivity index (χ3v) is 6.40. The Hall–Kier alpha value is -2.43. The van der Waals surface area contributed by atoms with Crippen LogP contribution in [-0.2, 0) is 4.79 Å². The van der Waals surface area contributed by atoms with E-state index in [2.05, 4.69) is 49.0 Å². The first-order chi connectivity index (χ1) is 12.2. The van der Waals surface area contributed by atoms with Gasteiger partial charge in [0.15, 0.2) is 0 Å². The molecule has 3 aromatic rings. The molecule has 0 unspecified atom stereocenters. The van der Waals surface area contributed by atoms with E-state index in [1.54, 1.807) is 29.6 Å². The quantitative estimate of drug-likeness (QED) is 0.251. The number of hydrogen-bond acceptors (Lipinski definition) is 4. The third-order valence-electron chi connectivity index (χ3n) is 3.79. The van der Waals surface area contributed by atoms with E-state index in [4.69, 9.17) is 4.74 Å². The molecular formula is C21H14O2S2. The lowest BCUT2D eigenvalue weighted by molar-refractivity contribution is -0.128. The van der Waals surface area contributed by atoms with E-state index in [1.807, 2.05) is 18.2 Å². The van der Waals surface area contributed by atoms with Gasteiger partial charge in [-0.05, 0) is 41.5 Å². The SMILES string of the molecule is C=CC(=O)Oc1cccc(-c2cccc3c2Sc2ccccc2S3)c1. The van der Waals surface area contributed by atoms with Gasteiger partial charge in [-0.15, -0.1) is 0 Å². The van der Waals surface area contributed by atoms with Crippen molar-refractivity contribution in [3.8, 4) is 16.9 Å². The van der Waals surface area contributed by atoms with Gasteiger partial charge in [0.05, 0.1) is 0 Å². The van der Waals surface area contributed by atoms with Crippen LogP contribution in [0.2, 0.25) is 0 Å². The Morgan fingerprint density at radius 2 is 1.60 bits per heavy atom. The van der Waals surface area contributed by atoms with Crippen molar-refractivity contribution >= 4 is 29.5 Å². The molecule has 1 aliphatic heterocycles. The second kappa shape index (κ2) is 6.82. The molecule has 122 valence electrons. The predicted molar refractivity (Wildman–Crippen MR) is 102 cm³/mol. The van der Waals surface area contributed by atoms with Crippen molar-refractivity contribution < 1.29 is 9.53 Å². The molecule has 0 spiro atoms. The van der Waals surface area contributed by atoms with Gasteiger partial charge in [0.2, 0.25) is 0 Å². The molecule has 0 aromatic heterocycles. The summed E-state index contributed by atoms with van der Waals surface area (Å²) in [6.07, 6.45) is 1.17. The molecule has 1 aliphatic rings. The van der Waals surface area contributed by atoms with E-state index >= 15 is 0 Å². The van der Waals surface area contributed by atoms with Crippen molar-refractivity contribution in [1.82, 2.24) is 0 Å². The molecule has 0 atom stereocenters. The lowest BCUT2D eigenvalue weighted by Gasteiger charge is -2.21. The molecule has 0 aliphatic carbocycles. The van der Waals surface area contributed by atoms with E-state index in [-0.39, 0.29) is 0 Å². The number of fused-ring (bicyclic) bond motifs is 2. The summed E-state index contributed by atoms with van der Waals surface area (Å²) in [4.78, 5) is 16.5. The molecule has 4 rings (SSSR count). The zero-order valence-electron chi connectivity index (χ0n) is 13.3. The summed E-state index contributed by atoms with van der Waals surface area (Å²) in [6.45, 7) is 3.44. The van der Waals surface area contributed by atoms with Crippen LogP contribution < -0.4 is 4.74 Å². The summed E-state index contributed by atoms with van der Waals surface area (Å²) in [7, 11) is 0. The van der Waals surface area contributed by atoms with Crippen LogP contribution in [0.5, 0.6) is 5.75 Å². The molecule has 2 nitrogen and oxygen atoms in total. The van der Waals surface area contributed by atoms with Crippen LogP contribution in [-0.4, -0.2) is 5.97 Å². The normalized spacial score (nSPS) is 12.0. The molecule has 0 fully saturated rings. The highest BCUT2D eigenvalue weighted by Crippen LogP contribution is 2.51. The van der Waals surface area contributed by atoms with Gasteiger partial charge in [0.1, 0.15) is 5.75 Å². The minimum atomic E-state index is -0.453. The Bertz CT molecular complexity index is 979. The lowest BCUT2D eigenvalue weighted by Crippen LogP contribution is -2.02. The van der Waals surface area contributed by atoms with Crippen molar-refractivity contribution in [3.05, 3.63) is 79.4 Å². The van der Waals surface area contributed by atoms with Gasteiger partial charge >= 0.3 is 5.97 Å².